The van der Waals surface area contributed by atoms with Gasteiger partial charge in [0.05, 0.1) is 31.8 Å². The first kappa shape index (κ1) is 24.1. The molecule has 0 unspecified atom stereocenters. The summed E-state index contributed by atoms with van der Waals surface area (Å²) in [5.41, 5.74) is 0.325. The number of carbonyl (C=O) groups excluding carboxylic acids is 1. The zero-order valence-electron chi connectivity index (χ0n) is 13.1. The van der Waals surface area contributed by atoms with Gasteiger partial charge >= 0.3 is 59.1 Å². The van der Waals surface area contributed by atoms with Crippen molar-refractivity contribution in [2.75, 3.05) is 13.0 Å². The molecule has 3 N–H and O–H groups in total. The van der Waals surface area contributed by atoms with Crippen LogP contribution in [0.2, 0.25) is 0 Å². The molecule has 0 aliphatic heterocycles. The van der Waals surface area contributed by atoms with Crippen LogP contribution in [0, 0.1) is 5.41 Å². The van der Waals surface area contributed by atoms with E-state index in [0.717, 1.165) is 10.9 Å². The summed E-state index contributed by atoms with van der Waals surface area (Å²) >= 11 is 0. The molecule has 0 fully saturated rings. The molecule has 14 heteroatoms. The zero-order valence-corrected chi connectivity index (χ0v) is 18.0. The third-order valence-corrected chi connectivity index (χ3v) is 3.20. The number of aromatic nitrogens is 4. The van der Waals surface area contributed by atoms with Gasteiger partial charge in [-0.25, -0.2) is 9.97 Å². The Bertz CT molecular complexity index is 789. The molecule has 2 heterocycles. The summed E-state index contributed by atoms with van der Waals surface area (Å²) in [5.74, 6) is -0.653. The number of nitrogens with one attached hydrogen (secondary N) is 2. The Morgan fingerprint density at radius 2 is 2.12 bits per heavy atom. The van der Waals surface area contributed by atoms with Gasteiger partial charge in [-0.3, -0.25) is 14.8 Å². The number of hydrogen-bond acceptors (Lipinski definition) is 9. The van der Waals surface area contributed by atoms with Crippen molar-refractivity contribution in [3.63, 3.8) is 0 Å². The number of hydrogen-bond donors (Lipinski definition) is 3. The number of ether oxygens (including phenoxy) is 1. The second kappa shape index (κ2) is 10.3. The van der Waals surface area contributed by atoms with Crippen LogP contribution in [0.3, 0.4) is 0 Å². The largest absolute Gasteiger partial charge is 1.00 e. The van der Waals surface area contributed by atoms with Crippen LogP contribution < -0.4 is 74.4 Å². The molecule has 0 saturated heterocycles. The van der Waals surface area contributed by atoms with Gasteiger partial charge in [-0.05, 0) is 7.60 Å². The number of carbonyl (C=O) groups is 1. The minimum atomic E-state index is -4.90. The van der Waals surface area contributed by atoms with E-state index >= 15 is 0 Å². The number of aliphatic hydroxyl groups is 1. The van der Waals surface area contributed by atoms with Crippen molar-refractivity contribution in [3.05, 3.63) is 18.1 Å². The van der Waals surface area contributed by atoms with Crippen LogP contribution in [0.15, 0.2) is 12.7 Å². The quantitative estimate of drug-likeness (QED) is 0.329. The van der Waals surface area contributed by atoms with E-state index in [4.69, 9.17) is 10.5 Å². The van der Waals surface area contributed by atoms with Gasteiger partial charge in [0, 0.05) is 0 Å². The fourth-order valence-corrected chi connectivity index (χ4v) is 2.10. The summed E-state index contributed by atoms with van der Waals surface area (Å²) in [6, 6.07) is 0. The van der Waals surface area contributed by atoms with E-state index in [0.29, 0.717) is 0 Å². The Morgan fingerprint density at radius 1 is 1.46 bits per heavy atom. The van der Waals surface area contributed by atoms with Crippen LogP contribution >= 0.6 is 7.60 Å². The average Bonchev–Trinajstić information content (AvgIpc) is 2.92. The maximum atomic E-state index is 12.1. The molecular weight excluding hydrogens is 363 g/mol. The zero-order chi connectivity index (χ0) is 16.3. The third kappa shape index (κ3) is 6.43. The van der Waals surface area contributed by atoms with E-state index in [1.807, 2.05) is 0 Å². The first-order valence-electron chi connectivity index (χ1n) is 6.04. The van der Waals surface area contributed by atoms with Gasteiger partial charge in [0.1, 0.15) is 11.8 Å². The Morgan fingerprint density at radius 3 is 2.71 bits per heavy atom. The van der Waals surface area contributed by atoms with Crippen molar-refractivity contribution >= 4 is 24.7 Å². The molecule has 0 aliphatic rings. The Balaban J connectivity index is 0.00000264. The molecule has 0 aliphatic carbocycles. The minimum absolute atomic E-state index is 0. The number of aromatic amines is 1. The predicted octanol–water partition coefficient (Wildman–Crippen LogP) is -8.47. The molecule has 2 rings (SSSR count). The van der Waals surface area contributed by atoms with E-state index < -0.39 is 39.0 Å². The molecule has 0 bridgehead atoms. The van der Waals surface area contributed by atoms with Gasteiger partial charge < -0.3 is 29.2 Å². The first-order chi connectivity index (χ1) is 10.3. The molecule has 0 spiro atoms. The molecule has 0 radical (unpaired) electrons. The molecular formula is C10H12N5Na2O6P. The standard InChI is InChI=1S/C10H14N5O6P.2Na/c11-9-8-10(13-3-12-8)14-4-15(9)7(17)1-6(2-16)21-5-22(18,19)20;;/h3-4,6,11,16H,1-2,5H2,(H,12,13)(H2,18,19,20);;/q;2*+1/p-2/t6-;;/m1../s1. The van der Waals surface area contributed by atoms with Crippen molar-refractivity contribution in [1.29, 1.82) is 5.41 Å². The van der Waals surface area contributed by atoms with E-state index in [2.05, 4.69) is 19.7 Å². The molecule has 1 atom stereocenters. The maximum absolute atomic E-state index is 12.1. The predicted molar refractivity (Wildman–Crippen MR) is 67.4 cm³/mol. The van der Waals surface area contributed by atoms with Crippen molar-refractivity contribution in [3.8, 4) is 0 Å². The Kier molecular flexibility index (Phi) is 10.3. The minimum Gasteiger partial charge on any atom is -0.809 e. The van der Waals surface area contributed by atoms with Gasteiger partial charge in [0.2, 0.25) is 5.91 Å². The average molecular weight is 375 g/mol. The van der Waals surface area contributed by atoms with Gasteiger partial charge in [-0.15, -0.1) is 0 Å². The summed E-state index contributed by atoms with van der Waals surface area (Å²) in [5, 5.41) is 16.9. The summed E-state index contributed by atoms with van der Waals surface area (Å²) in [6.07, 6.45) is -0.303. The smallest absolute Gasteiger partial charge is 0.809 e. The van der Waals surface area contributed by atoms with Gasteiger partial charge in [-0.1, -0.05) is 0 Å². The van der Waals surface area contributed by atoms with Crippen LogP contribution in [0.25, 0.3) is 11.2 Å². The molecule has 2 aromatic heterocycles. The van der Waals surface area contributed by atoms with Crippen LogP contribution in [0.5, 0.6) is 0 Å². The summed E-state index contributed by atoms with van der Waals surface area (Å²) in [4.78, 5) is 43.5. The second-order valence-corrected chi connectivity index (χ2v) is 5.85. The number of aliphatic hydroxyl groups excluding tert-OH is 1. The number of fused-ring (bicyclic) bond motifs is 1. The fraction of sp³-hybridized carbons (Fsp3) is 0.400. The molecule has 24 heavy (non-hydrogen) atoms. The molecule has 0 saturated carbocycles. The van der Waals surface area contributed by atoms with Gasteiger partial charge in [0.25, 0.3) is 0 Å². The normalized spacial score (nSPS) is 12.3. The Labute approximate surface area is 180 Å². The fourth-order valence-electron chi connectivity index (χ4n) is 1.70. The summed E-state index contributed by atoms with van der Waals surface area (Å²) in [6.45, 7) is -0.653. The monoisotopic (exact) mass is 375 g/mol. The number of nitrogens with zero attached hydrogens (tertiary/aromatic N) is 3. The topological polar surface area (TPSA) is 180 Å². The van der Waals surface area contributed by atoms with Crippen LogP contribution in [-0.4, -0.2) is 49.6 Å². The summed E-state index contributed by atoms with van der Waals surface area (Å²) in [7, 11) is -4.90. The van der Waals surface area contributed by atoms with E-state index in [1.165, 1.54) is 6.33 Å². The van der Waals surface area contributed by atoms with Crippen molar-refractivity contribution in [1.82, 2.24) is 19.5 Å². The SMILES string of the molecule is N=c1c2[nH]cnc2ncn1C(=O)C[C@H](CO)OCP(=O)([O-])[O-].[Na+].[Na+]. The van der Waals surface area contributed by atoms with Crippen LogP contribution in [-0.2, 0) is 9.30 Å². The maximum Gasteiger partial charge on any atom is 1.00 e. The number of H-pyrrole nitrogens is 1. The van der Waals surface area contributed by atoms with Crippen molar-refractivity contribution in [2.24, 2.45) is 0 Å². The number of rotatable bonds is 6. The Hall–Kier alpha value is 0.0900. The van der Waals surface area contributed by atoms with E-state index in [9.17, 15) is 19.1 Å². The number of imidazole rings is 1. The molecule has 120 valence electrons. The molecule has 0 amide bonds. The second-order valence-electron chi connectivity index (χ2n) is 4.37. The molecule has 0 aromatic carbocycles. The first-order valence-corrected chi connectivity index (χ1v) is 7.76. The van der Waals surface area contributed by atoms with Gasteiger partial charge in [0.15, 0.2) is 11.1 Å². The van der Waals surface area contributed by atoms with Crippen molar-refractivity contribution in [2.45, 2.75) is 12.5 Å². The molecule has 11 nitrogen and oxygen atoms in total. The van der Waals surface area contributed by atoms with Gasteiger partial charge in [-0.2, -0.15) is 0 Å². The van der Waals surface area contributed by atoms with E-state index in [1.54, 1.807) is 0 Å². The molecule has 2 aromatic rings. The third-order valence-electron chi connectivity index (χ3n) is 2.74. The van der Waals surface area contributed by atoms with Crippen LogP contribution in [0.4, 0.5) is 0 Å². The van der Waals surface area contributed by atoms with E-state index in [-0.39, 0.29) is 75.8 Å². The van der Waals surface area contributed by atoms with Crippen LogP contribution in [0.1, 0.15) is 11.2 Å². The van der Waals surface area contributed by atoms with Crippen molar-refractivity contribution < 1.29 is 88.1 Å². The summed E-state index contributed by atoms with van der Waals surface area (Å²) < 4.78 is 16.1.